The Labute approximate surface area is 128 Å². The lowest BCUT2D eigenvalue weighted by Crippen LogP contribution is -2.35. The highest BCUT2D eigenvalue weighted by atomic mass is 32.1. The minimum absolute atomic E-state index is 0.0697. The van der Waals surface area contributed by atoms with Crippen molar-refractivity contribution < 1.29 is 4.79 Å². The molecule has 0 spiro atoms. The molecule has 21 heavy (non-hydrogen) atoms. The normalized spacial score (nSPS) is 16.1. The number of aryl methyl sites for hydroxylation is 2. The lowest BCUT2D eigenvalue weighted by Gasteiger charge is -2.21. The monoisotopic (exact) mass is 305 g/mol. The number of hydrogen-bond acceptors (Lipinski definition) is 5. The van der Waals surface area contributed by atoms with Gasteiger partial charge in [-0.1, -0.05) is 0 Å². The lowest BCUT2D eigenvalue weighted by atomic mass is 10.3. The molecule has 2 aromatic heterocycles. The van der Waals surface area contributed by atoms with Crippen LogP contribution in [0.4, 0.5) is 5.13 Å². The number of anilines is 1. The number of aromatic nitrogens is 3. The van der Waals surface area contributed by atoms with Gasteiger partial charge in [-0.2, -0.15) is 5.10 Å². The van der Waals surface area contributed by atoms with Crippen LogP contribution < -0.4 is 4.90 Å². The van der Waals surface area contributed by atoms with Gasteiger partial charge in [-0.15, -0.1) is 11.3 Å². The molecule has 0 saturated carbocycles. The molecule has 1 aliphatic rings. The first kappa shape index (κ1) is 14.1. The second-order valence-corrected chi connectivity index (χ2v) is 6.14. The van der Waals surface area contributed by atoms with Gasteiger partial charge in [0.15, 0.2) is 5.13 Å². The van der Waals surface area contributed by atoms with E-state index in [0.29, 0.717) is 5.56 Å². The Bertz CT molecular complexity index is 635. The Balaban J connectivity index is 1.67. The molecule has 0 bridgehead atoms. The van der Waals surface area contributed by atoms with Crippen molar-refractivity contribution in [2.75, 3.05) is 31.1 Å². The van der Waals surface area contributed by atoms with Gasteiger partial charge in [0.25, 0.3) is 5.91 Å². The van der Waals surface area contributed by atoms with Crippen molar-refractivity contribution >= 4 is 22.4 Å². The van der Waals surface area contributed by atoms with Gasteiger partial charge in [0, 0.05) is 44.8 Å². The molecule has 1 fully saturated rings. The predicted molar refractivity (Wildman–Crippen MR) is 82.8 cm³/mol. The van der Waals surface area contributed by atoms with Gasteiger partial charge in [-0.3, -0.25) is 9.48 Å². The van der Waals surface area contributed by atoms with Crippen LogP contribution in [-0.2, 0) is 7.05 Å². The van der Waals surface area contributed by atoms with Crippen molar-refractivity contribution in [3.05, 3.63) is 29.0 Å². The zero-order chi connectivity index (χ0) is 14.8. The van der Waals surface area contributed by atoms with Crippen molar-refractivity contribution in [3.63, 3.8) is 0 Å². The van der Waals surface area contributed by atoms with E-state index in [1.165, 1.54) is 0 Å². The van der Waals surface area contributed by atoms with E-state index >= 15 is 0 Å². The highest BCUT2D eigenvalue weighted by molar-refractivity contribution is 7.13. The zero-order valence-corrected chi connectivity index (χ0v) is 13.1. The number of amides is 1. The molecule has 0 atom stereocenters. The average molecular weight is 305 g/mol. The average Bonchev–Trinajstić information content (AvgIpc) is 3.00. The first-order chi connectivity index (χ1) is 10.1. The molecule has 112 valence electrons. The summed E-state index contributed by atoms with van der Waals surface area (Å²) >= 11 is 1.67. The first-order valence-corrected chi connectivity index (χ1v) is 7.96. The number of rotatable bonds is 2. The van der Waals surface area contributed by atoms with Gasteiger partial charge in [-0.25, -0.2) is 4.98 Å². The molecule has 1 amide bonds. The maximum atomic E-state index is 12.5. The van der Waals surface area contributed by atoms with Gasteiger partial charge in [0.1, 0.15) is 0 Å². The number of hydrogen-bond donors (Lipinski definition) is 0. The fourth-order valence-corrected chi connectivity index (χ4v) is 3.37. The van der Waals surface area contributed by atoms with Crippen LogP contribution in [0, 0.1) is 6.92 Å². The van der Waals surface area contributed by atoms with Gasteiger partial charge >= 0.3 is 0 Å². The predicted octanol–water partition coefficient (Wildman–Crippen LogP) is 1.54. The Hall–Kier alpha value is -1.89. The molecule has 3 heterocycles. The third-order valence-electron chi connectivity index (χ3n) is 3.61. The lowest BCUT2D eigenvalue weighted by molar-refractivity contribution is 0.0767. The van der Waals surface area contributed by atoms with Gasteiger partial charge in [-0.05, 0) is 13.3 Å². The Kier molecular flexibility index (Phi) is 3.92. The molecule has 3 rings (SSSR count). The highest BCUT2D eigenvalue weighted by Crippen LogP contribution is 2.21. The maximum Gasteiger partial charge on any atom is 0.257 e. The molecule has 0 radical (unpaired) electrons. The summed E-state index contributed by atoms with van der Waals surface area (Å²) < 4.78 is 1.66. The van der Waals surface area contributed by atoms with Crippen molar-refractivity contribution in [1.82, 2.24) is 19.7 Å². The smallest absolute Gasteiger partial charge is 0.257 e. The van der Waals surface area contributed by atoms with Gasteiger partial charge in [0.2, 0.25) is 0 Å². The van der Waals surface area contributed by atoms with E-state index in [9.17, 15) is 4.79 Å². The van der Waals surface area contributed by atoms with E-state index in [1.807, 2.05) is 18.9 Å². The molecule has 2 aromatic rings. The van der Waals surface area contributed by atoms with Crippen LogP contribution in [0.25, 0.3) is 0 Å². The van der Waals surface area contributed by atoms with Crippen LogP contribution in [0.3, 0.4) is 0 Å². The zero-order valence-electron chi connectivity index (χ0n) is 12.3. The van der Waals surface area contributed by atoms with Crippen LogP contribution >= 0.6 is 11.3 Å². The van der Waals surface area contributed by atoms with Crippen LogP contribution in [0.15, 0.2) is 17.8 Å². The van der Waals surface area contributed by atoms with E-state index < -0.39 is 0 Å². The number of carbonyl (C=O) groups excluding carboxylic acids is 1. The molecule has 7 heteroatoms. The first-order valence-electron chi connectivity index (χ1n) is 7.08. The summed E-state index contributed by atoms with van der Waals surface area (Å²) in [6.07, 6.45) is 4.37. The molecule has 0 N–H and O–H groups in total. The van der Waals surface area contributed by atoms with Crippen LogP contribution in [0.5, 0.6) is 0 Å². The molecule has 1 aliphatic heterocycles. The summed E-state index contributed by atoms with van der Waals surface area (Å²) in [5, 5.41) is 7.20. The van der Waals surface area contributed by atoms with Crippen molar-refractivity contribution in [2.45, 2.75) is 13.3 Å². The summed E-state index contributed by atoms with van der Waals surface area (Å²) in [4.78, 5) is 21.2. The Morgan fingerprint density at radius 3 is 2.81 bits per heavy atom. The number of nitrogens with zero attached hydrogens (tertiary/aromatic N) is 5. The second-order valence-electron chi connectivity index (χ2n) is 5.31. The molecule has 6 nitrogen and oxygen atoms in total. The molecule has 0 aliphatic carbocycles. The fraction of sp³-hybridized carbons (Fsp3) is 0.500. The Morgan fingerprint density at radius 1 is 1.29 bits per heavy atom. The van der Waals surface area contributed by atoms with Crippen LogP contribution in [0.1, 0.15) is 22.5 Å². The molecule has 1 saturated heterocycles. The van der Waals surface area contributed by atoms with Gasteiger partial charge < -0.3 is 9.80 Å². The van der Waals surface area contributed by atoms with Crippen molar-refractivity contribution in [1.29, 1.82) is 0 Å². The van der Waals surface area contributed by atoms with E-state index in [1.54, 1.807) is 28.4 Å². The summed E-state index contributed by atoms with van der Waals surface area (Å²) in [5.41, 5.74) is 1.72. The topological polar surface area (TPSA) is 54.3 Å². The minimum Gasteiger partial charge on any atom is -0.346 e. The van der Waals surface area contributed by atoms with E-state index in [0.717, 1.165) is 43.4 Å². The van der Waals surface area contributed by atoms with Gasteiger partial charge in [0.05, 0.1) is 17.5 Å². The maximum absolute atomic E-state index is 12.5. The van der Waals surface area contributed by atoms with E-state index in [-0.39, 0.29) is 5.91 Å². The SMILES string of the molecule is Cc1csc(N2CCCN(C(=O)c3cnn(C)c3)CC2)n1. The van der Waals surface area contributed by atoms with Crippen LogP contribution in [0.2, 0.25) is 0 Å². The summed E-state index contributed by atoms with van der Waals surface area (Å²) in [6, 6.07) is 0. The van der Waals surface area contributed by atoms with E-state index in [2.05, 4.69) is 20.4 Å². The molecule has 0 unspecified atom stereocenters. The summed E-state index contributed by atoms with van der Waals surface area (Å²) in [7, 11) is 1.83. The van der Waals surface area contributed by atoms with Crippen molar-refractivity contribution in [3.8, 4) is 0 Å². The fourth-order valence-electron chi connectivity index (χ4n) is 2.51. The molecule has 0 aromatic carbocycles. The van der Waals surface area contributed by atoms with E-state index in [4.69, 9.17) is 0 Å². The summed E-state index contributed by atoms with van der Waals surface area (Å²) in [5.74, 6) is 0.0697. The molecular weight excluding hydrogens is 286 g/mol. The minimum atomic E-state index is 0.0697. The third-order valence-corrected chi connectivity index (χ3v) is 4.63. The number of thiazole rings is 1. The van der Waals surface area contributed by atoms with Crippen molar-refractivity contribution in [2.24, 2.45) is 7.05 Å². The van der Waals surface area contributed by atoms with Crippen LogP contribution in [-0.4, -0.2) is 51.8 Å². The number of carbonyl (C=O) groups is 1. The standard InChI is InChI=1S/C14H19N5OS/c1-11-10-21-14(16-11)19-5-3-4-18(6-7-19)13(20)12-8-15-17(2)9-12/h8-10H,3-7H2,1-2H3. The highest BCUT2D eigenvalue weighted by Gasteiger charge is 2.22. The third kappa shape index (κ3) is 3.07. The second kappa shape index (κ2) is 5.85. The quantitative estimate of drug-likeness (QED) is 0.844. The molecular formula is C14H19N5OS. The largest absolute Gasteiger partial charge is 0.346 e. The summed E-state index contributed by atoms with van der Waals surface area (Å²) in [6.45, 7) is 5.31. The Morgan fingerprint density at radius 2 is 2.14 bits per heavy atom.